The van der Waals surface area contributed by atoms with E-state index in [-0.39, 0.29) is 0 Å². The van der Waals surface area contributed by atoms with Crippen molar-refractivity contribution in [1.82, 2.24) is 19.1 Å². The summed E-state index contributed by atoms with van der Waals surface area (Å²) in [5, 5.41) is 14.4. The Hall–Kier alpha value is -2.66. The molecule has 4 aromatic rings. The van der Waals surface area contributed by atoms with Crippen molar-refractivity contribution < 1.29 is 4.74 Å². The number of benzene rings is 2. The van der Waals surface area contributed by atoms with E-state index in [2.05, 4.69) is 74.1 Å². The highest BCUT2D eigenvalue weighted by Crippen LogP contribution is 2.37. The molecule has 0 amide bonds. The summed E-state index contributed by atoms with van der Waals surface area (Å²) in [4.78, 5) is 0.420. The molecule has 0 aliphatic carbocycles. The number of fused-ring (bicyclic) bond motifs is 1. The molecule has 0 saturated carbocycles. The molecule has 1 fully saturated rings. The highest BCUT2D eigenvalue weighted by Gasteiger charge is 2.23. The highest BCUT2D eigenvalue weighted by atomic mass is 32.2. The van der Waals surface area contributed by atoms with Gasteiger partial charge in [-0.1, -0.05) is 66.5 Å². The molecule has 0 atom stereocenters. The van der Waals surface area contributed by atoms with E-state index in [0.717, 1.165) is 48.6 Å². The van der Waals surface area contributed by atoms with Gasteiger partial charge < -0.3 is 20.4 Å². The van der Waals surface area contributed by atoms with Gasteiger partial charge in [0.2, 0.25) is 5.13 Å². The lowest BCUT2D eigenvalue weighted by molar-refractivity contribution is 0.296. The van der Waals surface area contributed by atoms with E-state index >= 15 is 0 Å². The molecule has 2 aromatic heterocycles. The molecule has 10 heteroatoms. The minimum Gasteiger partial charge on any atom is -0.469 e. The summed E-state index contributed by atoms with van der Waals surface area (Å²) in [7, 11) is 0. The topological polar surface area (TPSA) is 81.2 Å². The predicted molar refractivity (Wildman–Crippen MR) is 160 cm³/mol. The molecule has 5 rings (SSSR count). The van der Waals surface area contributed by atoms with Crippen LogP contribution in [0.2, 0.25) is 0 Å². The zero-order valence-electron chi connectivity index (χ0n) is 21.1. The van der Waals surface area contributed by atoms with Crippen LogP contribution in [0.1, 0.15) is 43.4 Å². The Kier molecular flexibility index (Phi) is 8.29. The number of nitrogens with one attached hydrogen (secondary N) is 1. The minimum absolute atomic E-state index is 0.420. The van der Waals surface area contributed by atoms with Crippen LogP contribution < -0.4 is 15.8 Å². The first-order valence-electron chi connectivity index (χ1n) is 12.6. The standard InChI is InChI=1S/C27H32N6OS3/c1-3-13-34-27-31-30-26(37-27)29-16-18-7-8-22-23(19-5-4-6-20(15-19)25(28)35)17-33(24(22)14-18)21-9-11-32(36-2)12-10-21/h4-8,14-15,17,21H,3,9-13,16H2,1-2H3,(H2,28,35)(H,29,30). The van der Waals surface area contributed by atoms with Gasteiger partial charge in [-0.2, -0.15) is 0 Å². The summed E-state index contributed by atoms with van der Waals surface area (Å²) < 4.78 is 10.5. The maximum absolute atomic E-state index is 5.94. The summed E-state index contributed by atoms with van der Waals surface area (Å²) in [5.41, 5.74) is 11.6. The molecule has 0 radical (unpaired) electrons. The zero-order chi connectivity index (χ0) is 25.8. The highest BCUT2D eigenvalue weighted by molar-refractivity contribution is 7.96. The lowest BCUT2D eigenvalue weighted by Crippen LogP contribution is -2.29. The van der Waals surface area contributed by atoms with Gasteiger partial charge in [0, 0.05) is 53.9 Å². The van der Waals surface area contributed by atoms with Crippen LogP contribution in [0.15, 0.2) is 48.7 Å². The summed E-state index contributed by atoms with van der Waals surface area (Å²) >= 11 is 8.53. The Morgan fingerprint density at radius 3 is 2.81 bits per heavy atom. The third-order valence-electron chi connectivity index (χ3n) is 6.71. The normalized spacial score (nSPS) is 14.8. The molecule has 2 aromatic carbocycles. The largest absolute Gasteiger partial charge is 0.469 e. The fraction of sp³-hybridized carbons (Fsp3) is 0.370. The van der Waals surface area contributed by atoms with E-state index in [0.29, 0.717) is 29.4 Å². The van der Waals surface area contributed by atoms with Crippen LogP contribution in [0.4, 0.5) is 5.13 Å². The molecule has 3 N–H and O–H groups in total. The third kappa shape index (κ3) is 5.93. The third-order valence-corrected chi connectivity index (χ3v) is 8.62. The predicted octanol–water partition coefficient (Wildman–Crippen LogP) is 6.11. The smallest absolute Gasteiger partial charge is 0.295 e. The number of nitrogens with two attached hydrogens (primary N) is 1. The number of hydrogen-bond donors (Lipinski definition) is 2. The van der Waals surface area contributed by atoms with Gasteiger partial charge in [-0.05, 0) is 60.1 Å². The number of anilines is 1. The Balaban J connectivity index is 1.46. The molecule has 1 saturated heterocycles. The van der Waals surface area contributed by atoms with E-state index in [1.807, 2.05) is 24.1 Å². The fourth-order valence-corrected chi connectivity index (χ4v) is 6.11. The minimum atomic E-state index is 0.420. The number of ether oxygens (including phenoxy) is 1. The Bertz CT molecular complexity index is 1380. The van der Waals surface area contributed by atoms with Gasteiger partial charge in [-0.3, -0.25) is 4.31 Å². The number of hydrogen-bond acceptors (Lipinski definition) is 8. The van der Waals surface area contributed by atoms with Crippen molar-refractivity contribution >= 4 is 56.5 Å². The maximum atomic E-state index is 5.94. The van der Waals surface area contributed by atoms with Crippen molar-refractivity contribution in [2.24, 2.45) is 5.73 Å². The van der Waals surface area contributed by atoms with E-state index in [4.69, 9.17) is 22.7 Å². The molecule has 194 valence electrons. The molecule has 0 unspecified atom stereocenters. The average molecular weight is 553 g/mol. The molecule has 3 heterocycles. The average Bonchev–Trinajstić information content (AvgIpc) is 3.55. The number of thiocarbonyl (C=S) groups is 1. The van der Waals surface area contributed by atoms with Crippen LogP contribution in [-0.4, -0.2) is 50.0 Å². The second kappa shape index (κ2) is 11.8. The van der Waals surface area contributed by atoms with Gasteiger partial charge in [0.15, 0.2) is 0 Å². The number of rotatable bonds is 10. The van der Waals surface area contributed by atoms with Crippen molar-refractivity contribution in [3.05, 3.63) is 59.8 Å². The number of nitrogens with zero attached hydrogens (tertiary/aromatic N) is 4. The van der Waals surface area contributed by atoms with Crippen LogP contribution in [0.5, 0.6) is 5.19 Å². The monoisotopic (exact) mass is 552 g/mol. The van der Waals surface area contributed by atoms with Crippen LogP contribution in [0, 0.1) is 0 Å². The van der Waals surface area contributed by atoms with Gasteiger partial charge in [0.25, 0.3) is 5.19 Å². The first kappa shape index (κ1) is 26.0. The van der Waals surface area contributed by atoms with Gasteiger partial charge >= 0.3 is 0 Å². The van der Waals surface area contributed by atoms with Gasteiger partial charge in [-0.15, -0.1) is 5.10 Å². The Labute approximate surface area is 231 Å². The first-order chi connectivity index (χ1) is 18.1. The van der Waals surface area contributed by atoms with Crippen molar-refractivity contribution in [3.8, 4) is 16.3 Å². The molecular weight excluding hydrogens is 521 g/mol. The summed E-state index contributed by atoms with van der Waals surface area (Å²) in [6.07, 6.45) is 7.69. The lowest BCUT2D eigenvalue weighted by atomic mass is 10.0. The van der Waals surface area contributed by atoms with Gasteiger partial charge in [-0.25, -0.2) is 0 Å². The van der Waals surface area contributed by atoms with Crippen molar-refractivity contribution in [3.63, 3.8) is 0 Å². The summed E-state index contributed by atoms with van der Waals surface area (Å²) in [5.74, 6) is 0. The quantitative estimate of drug-likeness (QED) is 0.180. The van der Waals surface area contributed by atoms with Crippen LogP contribution in [-0.2, 0) is 6.54 Å². The summed E-state index contributed by atoms with van der Waals surface area (Å²) in [6, 6.07) is 15.4. The number of aromatic nitrogens is 3. The Morgan fingerprint density at radius 2 is 2.05 bits per heavy atom. The Morgan fingerprint density at radius 1 is 1.22 bits per heavy atom. The second-order valence-corrected chi connectivity index (χ2v) is 11.4. The van der Waals surface area contributed by atoms with Crippen molar-refractivity contribution in [2.45, 2.75) is 38.8 Å². The van der Waals surface area contributed by atoms with Gasteiger partial charge in [0.1, 0.15) is 4.99 Å². The molecule has 0 bridgehead atoms. The van der Waals surface area contributed by atoms with E-state index in [1.165, 1.54) is 33.4 Å². The summed E-state index contributed by atoms with van der Waals surface area (Å²) in [6.45, 7) is 5.59. The van der Waals surface area contributed by atoms with Crippen LogP contribution in [0.3, 0.4) is 0 Å². The van der Waals surface area contributed by atoms with Crippen LogP contribution in [0.25, 0.3) is 22.0 Å². The molecule has 1 aliphatic rings. The molecule has 0 spiro atoms. The zero-order valence-corrected chi connectivity index (χ0v) is 23.6. The number of piperidine rings is 1. The maximum Gasteiger partial charge on any atom is 0.295 e. The molecule has 7 nitrogen and oxygen atoms in total. The van der Waals surface area contributed by atoms with E-state index < -0.39 is 0 Å². The van der Waals surface area contributed by atoms with E-state index in [1.54, 1.807) is 0 Å². The molecule has 1 aliphatic heterocycles. The SMILES string of the molecule is CCCOc1nnc(NCc2ccc3c(-c4cccc(C(N)=S)c4)cn(C4CCN(SC)CC4)c3c2)s1. The van der Waals surface area contributed by atoms with Gasteiger partial charge in [0.05, 0.1) is 6.61 Å². The second-order valence-electron chi connectivity index (χ2n) is 9.16. The fourth-order valence-electron chi connectivity index (χ4n) is 4.79. The van der Waals surface area contributed by atoms with Crippen molar-refractivity contribution in [1.29, 1.82) is 0 Å². The molecule has 37 heavy (non-hydrogen) atoms. The molecular formula is C27H32N6OS3. The lowest BCUT2D eigenvalue weighted by Gasteiger charge is -2.31. The first-order valence-corrected chi connectivity index (χ1v) is 15.0. The van der Waals surface area contributed by atoms with E-state index in [9.17, 15) is 0 Å². The van der Waals surface area contributed by atoms with Crippen molar-refractivity contribution in [2.75, 3.05) is 31.3 Å². The van der Waals surface area contributed by atoms with Crippen LogP contribution >= 0.6 is 35.5 Å².